The van der Waals surface area contributed by atoms with Crippen LogP contribution in [0, 0.1) is 16.7 Å². The van der Waals surface area contributed by atoms with Crippen molar-refractivity contribution in [2.75, 3.05) is 38.2 Å². The number of amides is 2. The van der Waals surface area contributed by atoms with E-state index in [9.17, 15) is 9.59 Å². The Hall–Kier alpha value is -2.93. The highest BCUT2D eigenvalue weighted by molar-refractivity contribution is 8.04. The van der Waals surface area contributed by atoms with Gasteiger partial charge < -0.3 is 19.4 Å². The maximum absolute atomic E-state index is 14.4. The van der Waals surface area contributed by atoms with E-state index in [0.29, 0.717) is 13.1 Å². The van der Waals surface area contributed by atoms with Crippen LogP contribution in [0.4, 0.5) is 5.69 Å². The number of hydrogen-bond acceptors (Lipinski definition) is 5. The fourth-order valence-electron chi connectivity index (χ4n) is 6.56. The standard InChI is InChI=1S/C33H43N3O3S/c1-23-11-10-14-27(34-19-21-35(22-20-34)31(38)29-32(2,3)33(29,4)5)28(40-26-17-15-25(39-6)16-18-26)30(37)36(23)24-12-8-7-9-13-24/h7-9,12-13,15-18,23,29H,10-11,14,19-22H2,1-6H3/b28-27-. The number of methoxy groups -OCH3 is 1. The fourth-order valence-corrected chi connectivity index (χ4v) is 7.60. The first-order valence-electron chi connectivity index (χ1n) is 14.5. The number of hydrogen-bond donors (Lipinski definition) is 0. The van der Waals surface area contributed by atoms with E-state index in [1.54, 1.807) is 18.9 Å². The summed E-state index contributed by atoms with van der Waals surface area (Å²) in [4.78, 5) is 36.1. The van der Waals surface area contributed by atoms with Crippen molar-refractivity contribution < 1.29 is 14.3 Å². The predicted octanol–water partition coefficient (Wildman–Crippen LogP) is 6.43. The average molecular weight is 562 g/mol. The second-order valence-corrected chi connectivity index (χ2v) is 13.6. The Balaban J connectivity index is 1.44. The van der Waals surface area contributed by atoms with Gasteiger partial charge in [-0.05, 0) is 73.4 Å². The van der Waals surface area contributed by atoms with Gasteiger partial charge in [-0.3, -0.25) is 9.59 Å². The third kappa shape index (κ3) is 5.25. The summed E-state index contributed by atoms with van der Waals surface area (Å²) < 4.78 is 5.36. The number of thioether (sulfide) groups is 1. The number of piperazine rings is 1. The molecule has 2 amide bonds. The first-order valence-corrected chi connectivity index (χ1v) is 15.4. The van der Waals surface area contributed by atoms with Crippen molar-refractivity contribution >= 4 is 29.3 Å². The molecule has 2 aromatic carbocycles. The Labute approximate surface area is 243 Å². The van der Waals surface area contributed by atoms with Crippen LogP contribution in [0.2, 0.25) is 0 Å². The van der Waals surface area contributed by atoms with Crippen LogP contribution in [-0.4, -0.2) is 60.9 Å². The minimum absolute atomic E-state index is 0.0372. The number of rotatable bonds is 6. The molecule has 2 aliphatic heterocycles. The topological polar surface area (TPSA) is 53.1 Å². The molecule has 0 N–H and O–H groups in total. The molecule has 3 aliphatic rings. The molecule has 0 aromatic heterocycles. The molecule has 2 heterocycles. The van der Waals surface area contributed by atoms with Crippen molar-refractivity contribution in [2.24, 2.45) is 16.7 Å². The Morgan fingerprint density at radius 3 is 2.12 bits per heavy atom. The lowest BCUT2D eigenvalue weighted by atomic mass is 10.0. The van der Waals surface area contributed by atoms with Crippen LogP contribution in [0.25, 0.3) is 0 Å². The van der Waals surface area contributed by atoms with E-state index in [1.165, 1.54) is 0 Å². The molecule has 1 saturated heterocycles. The number of nitrogens with zero attached hydrogens (tertiary/aromatic N) is 3. The van der Waals surface area contributed by atoms with Gasteiger partial charge in [-0.15, -0.1) is 0 Å². The number of carbonyl (C=O) groups is 2. The van der Waals surface area contributed by atoms with Crippen molar-refractivity contribution in [1.82, 2.24) is 9.80 Å². The number of ether oxygens (including phenoxy) is 1. The molecule has 2 fully saturated rings. The number of carbonyl (C=O) groups excluding carboxylic acids is 2. The molecule has 5 rings (SSSR count). The number of anilines is 1. The highest BCUT2D eigenvalue weighted by atomic mass is 32.2. The van der Waals surface area contributed by atoms with Gasteiger partial charge in [-0.2, -0.15) is 0 Å². The molecule has 1 aliphatic carbocycles. The van der Waals surface area contributed by atoms with Crippen molar-refractivity contribution in [3.05, 3.63) is 65.2 Å². The maximum atomic E-state index is 14.4. The molecule has 2 aromatic rings. The van der Waals surface area contributed by atoms with E-state index < -0.39 is 0 Å². The highest BCUT2D eigenvalue weighted by Crippen LogP contribution is 2.68. The van der Waals surface area contributed by atoms with Gasteiger partial charge in [-0.1, -0.05) is 57.7 Å². The third-order valence-corrected chi connectivity index (χ3v) is 10.8. The summed E-state index contributed by atoms with van der Waals surface area (Å²) in [6.07, 6.45) is 2.80. The predicted molar refractivity (Wildman–Crippen MR) is 162 cm³/mol. The van der Waals surface area contributed by atoms with Crippen LogP contribution in [0.1, 0.15) is 53.9 Å². The SMILES string of the molecule is COc1ccc(S/C2=C(\N3CCN(C(=O)C4C(C)(C)C4(C)C)CC3)CCCC(C)N(c3ccccc3)C2=O)cc1. The molecule has 214 valence electrons. The average Bonchev–Trinajstić information content (AvgIpc) is 3.37. The van der Waals surface area contributed by atoms with Crippen LogP contribution in [0.3, 0.4) is 0 Å². The summed E-state index contributed by atoms with van der Waals surface area (Å²) in [6.45, 7) is 13.9. The Kier molecular flexibility index (Phi) is 7.97. The van der Waals surface area contributed by atoms with Crippen LogP contribution in [0.5, 0.6) is 5.75 Å². The molecule has 6 nitrogen and oxygen atoms in total. The van der Waals surface area contributed by atoms with E-state index in [2.05, 4.69) is 44.4 Å². The molecular weight excluding hydrogens is 518 g/mol. The molecule has 0 bridgehead atoms. The molecule has 1 atom stereocenters. The van der Waals surface area contributed by atoms with Gasteiger partial charge in [-0.25, -0.2) is 0 Å². The van der Waals surface area contributed by atoms with Gasteiger partial charge in [0.25, 0.3) is 5.91 Å². The normalized spacial score (nSPS) is 24.9. The lowest BCUT2D eigenvalue weighted by Gasteiger charge is -2.40. The van der Waals surface area contributed by atoms with Gasteiger partial charge in [0.1, 0.15) is 5.75 Å². The van der Waals surface area contributed by atoms with E-state index >= 15 is 0 Å². The second-order valence-electron chi connectivity index (χ2n) is 12.5. The first kappa shape index (κ1) is 28.6. The molecule has 7 heteroatoms. The maximum Gasteiger partial charge on any atom is 0.267 e. The summed E-state index contributed by atoms with van der Waals surface area (Å²) in [5.74, 6) is 1.21. The summed E-state index contributed by atoms with van der Waals surface area (Å²) in [6, 6.07) is 18.1. The monoisotopic (exact) mass is 561 g/mol. The minimum Gasteiger partial charge on any atom is -0.497 e. The highest BCUT2D eigenvalue weighted by Gasteiger charge is 2.68. The Morgan fingerprint density at radius 2 is 1.55 bits per heavy atom. The summed E-state index contributed by atoms with van der Waals surface area (Å²) >= 11 is 1.55. The Morgan fingerprint density at radius 1 is 0.925 bits per heavy atom. The van der Waals surface area contributed by atoms with Gasteiger partial charge in [0.15, 0.2) is 0 Å². The van der Waals surface area contributed by atoms with Gasteiger partial charge >= 0.3 is 0 Å². The van der Waals surface area contributed by atoms with Crippen molar-refractivity contribution in [3.8, 4) is 5.75 Å². The molecule has 40 heavy (non-hydrogen) atoms. The van der Waals surface area contributed by atoms with Crippen molar-refractivity contribution in [1.29, 1.82) is 0 Å². The largest absolute Gasteiger partial charge is 0.497 e. The molecule has 0 radical (unpaired) electrons. The van der Waals surface area contributed by atoms with E-state index in [4.69, 9.17) is 4.74 Å². The zero-order valence-electron chi connectivity index (χ0n) is 24.8. The van der Waals surface area contributed by atoms with Gasteiger partial charge in [0, 0.05) is 54.4 Å². The fraction of sp³-hybridized carbons (Fsp3) is 0.515. The van der Waals surface area contributed by atoms with Crippen LogP contribution < -0.4 is 9.64 Å². The van der Waals surface area contributed by atoms with Crippen molar-refractivity contribution in [3.63, 3.8) is 0 Å². The minimum atomic E-state index is 0.0372. The third-order valence-electron chi connectivity index (χ3n) is 9.71. The Bertz CT molecular complexity index is 1250. The molecule has 1 unspecified atom stereocenters. The zero-order chi connectivity index (χ0) is 28.7. The van der Waals surface area contributed by atoms with Gasteiger partial charge in [0.2, 0.25) is 5.91 Å². The number of benzene rings is 2. The summed E-state index contributed by atoms with van der Waals surface area (Å²) in [5, 5.41) is 0. The lowest BCUT2D eigenvalue weighted by Crippen LogP contribution is -2.50. The smallest absolute Gasteiger partial charge is 0.267 e. The lowest BCUT2D eigenvalue weighted by molar-refractivity contribution is -0.135. The van der Waals surface area contributed by atoms with E-state index in [0.717, 1.165) is 59.3 Å². The summed E-state index contributed by atoms with van der Waals surface area (Å²) in [5.41, 5.74) is 2.11. The molecular formula is C33H43N3O3S. The quantitative estimate of drug-likeness (QED) is 0.407. The van der Waals surface area contributed by atoms with Crippen LogP contribution >= 0.6 is 11.8 Å². The molecule has 1 saturated carbocycles. The van der Waals surface area contributed by atoms with Crippen molar-refractivity contribution in [2.45, 2.75) is 64.8 Å². The number of para-hydroxylation sites is 1. The second kappa shape index (κ2) is 11.2. The van der Waals surface area contributed by atoms with Crippen LogP contribution in [-0.2, 0) is 9.59 Å². The van der Waals surface area contributed by atoms with Crippen LogP contribution in [0.15, 0.2) is 70.1 Å². The first-order chi connectivity index (χ1) is 19.1. The van der Waals surface area contributed by atoms with E-state index in [-0.39, 0.29) is 34.6 Å². The number of allylic oxidation sites excluding steroid dienone is 1. The summed E-state index contributed by atoms with van der Waals surface area (Å²) in [7, 11) is 1.66. The van der Waals surface area contributed by atoms with Gasteiger partial charge in [0.05, 0.1) is 12.0 Å². The van der Waals surface area contributed by atoms with E-state index in [1.807, 2.05) is 59.5 Å². The molecule has 0 spiro atoms. The zero-order valence-corrected chi connectivity index (χ0v) is 25.6.